The van der Waals surface area contributed by atoms with E-state index in [4.69, 9.17) is 0 Å². The predicted molar refractivity (Wildman–Crippen MR) is 51.9 cm³/mol. The smallest absolute Gasteiger partial charge is 0.0258 e. The first-order valence-electron chi connectivity index (χ1n) is 3.79. The predicted octanol–water partition coefficient (Wildman–Crippen LogP) is 0.753. The zero-order valence-corrected chi connectivity index (χ0v) is 8.38. The summed E-state index contributed by atoms with van der Waals surface area (Å²) in [4.78, 5) is 2.44. The first-order valence-corrected chi connectivity index (χ1v) is 3.79. The third kappa shape index (κ3) is 2.00. The summed E-state index contributed by atoms with van der Waals surface area (Å²) < 4.78 is 0. The number of fused-ring (bicyclic) bond motifs is 1. The normalized spacial score (nSPS) is 35.7. The average Bonchev–Trinajstić information content (AvgIpc) is 1.86. The lowest BCUT2D eigenvalue weighted by atomic mass is 9.84. The Morgan fingerprint density at radius 3 is 2.55 bits per heavy atom. The molecule has 0 aliphatic carbocycles. The van der Waals surface area contributed by atoms with Crippen molar-refractivity contribution < 1.29 is 0 Å². The topological polar surface area (TPSA) is 15.3 Å². The van der Waals surface area contributed by atoms with Gasteiger partial charge in [0.05, 0.1) is 0 Å². The van der Waals surface area contributed by atoms with E-state index >= 15 is 0 Å². The SMILES string of the molecule is CN1C[C@H]2CCNC[C@H]21.Cl.Cl. The molecule has 2 saturated heterocycles. The third-order valence-electron chi connectivity index (χ3n) is 2.68. The van der Waals surface area contributed by atoms with Crippen molar-refractivity contribution in [1.29, 1.82) is 0 Å². The summed E-state index contributed by atoms with van der Waals surface area (Å²) in [5.74, 6) is 1.02. The first kappa shape index (κ1) is 11.5. The van der Waals surface area contributed by atoms with Crippen molar-refractivity contribution in [1.82, 2.24) is 10.2 Å². The largest absolute Gasteiger partial charge is 0.315 e. The highest BCUT2D eigenvalue weighted by molar-refractivity contribution is 5.85. The highest BCUT2D eigenvalue weighted by Gasteiger charge is 2.37. The zero-order valence-electron chi connectivity index (χ0n) is 6.75. The molecule has 0 aromatic carbocycles. The minimum absolute atomic E-state index is 0. The van der Waals surface area contributed by atoms with Gasteiger partial charge in [-0.15, -0.1) is 24.8 Å². The van der Waals surface area contributed by atoms with E-state index in [1.807, 2.05) is 0 Å². The molecule has 68 valence electrons. The summed E-state index contributed by atoms with van der Waals surface area (Å²) in [6.07, 6.45) is 1.40. The molecule has 2 aliphatic rings. The fourth-order valence-electron chi connectivity index (χ4n) is 1.99. The molecule has 11 heavy (non-hydrogen) atoms. The molecular weight excluding hydrogens is 183 g/mol. The second-order valence-corrected chi connectivity index (χ2v) is 3.26. The minimum atomic E-state index is 0. The summed E-state index contributed by atoms with van der Waals surface area (Å²) in [5.41, 5.74) is 0. The van der Waals surface area contributed by atoms with Gasteiger partial charge in [-0.1, -0.05) is 0 Å². The number of nitrogens with one attached hydrogen (secondary N) is 1. The van der Waals surface area contributed by atoms with Crippen molar-refractivity contribution in [2.24, 2.45) is 5.92 Å². The summed E-state index contributed by atoms with van der Waals surface area (Å²) >= 11 is 0. The van der Waals surface area contributed by atoms with Gasteiger partial charge in [-0.2, -0.15) is 0 Å². The molecule has 0 aromatic rings. The molecule has 2 heterocycles. The van der Waals surface area contributed by atoms with E-state index in [0.29, 0.717) is 0 Å². The molecule has 2 rings (SSSR count). The number of likely N-dealkylation sites (tertiary alicyclic amines) is 1. The Balaban J connectivity index is 0.000000500. The van der Waals surface area contributed by atoms with E-state index in [-0.39, 0.29) is 24.8 Å². The number of hydrogen-bond acceptors (Lipinski definition) is 2. The van der Waals surface area contributed by atoms with Gasteiger partial charge in [0.15, 0.2) is 0 Å². The molecule has 1 N–H and O–H groups in total. The maximum absolute atomic E-state index is 3.40. The number of nitrogens with zero attached hydrogens (tertiary/aromatic N) is 1. The molecule has 2 fully saturated rings. The Labute approximate surface area is 80.5 Å². The van der Waals surface area contributed by atoms with Crippen LogP contribution in [0.4, 0.5) is 0 Å². The molecule has 0 saturated carbocycles. The van der Waals surface area contributed by atoms with Gasteiger partial charge in [0, 0.05) is 19.1 Å². The van der Waals surface area contributed by atoms with Gasteiger partial charge in [0.1, 0.15) is 0 Å². The van der Waals surface area contributed by atoms with Crippen molar-refractivity contribution in [3.63, 3.8) is 0 Å². The van der Waals surface area contributed by atoms with E-state index in [9.17, 15) is 0 Å². The van der Waals surface area contributed by atoms with Gasteiger partial charge in [-0.25, -0.2) is 0 Å². The Morgan fingerprint density at radius 2 is 2.09 bits per heavy atom. The van der Waals surface area contributed by atoms with Crippen LogP contribution in [0.5, 0.6) is 0 Å². The van der Waals surface area contributed by atoms with Gasteiger partial charge < -0.3 is 10.2 Å². The maximum atomic E-state index is 3.40. The van der Waals surface area contributed by atoms with Crippen LogP contribution in [0.3, 0.4) is 0 Å². The Kier molecular flexibility index (Phi) is 4.71. The summed E-state index contributed by atoms with van der Waals surface area (Å²) in [6, 6.07) is 0.874. The number of hydrogen-bond donors (Lipinski definition) is 1. The molecule has 2 aliphatic heterocycles. The van der Waals surface area contributed by atoms with Crippen LogP contribution in [0.1, 0.15) is 6.42 Å². The first-order chi connectivity index (χ1) is 4.38. The molecule has 0 aromatic heterocycles. The van der Waals surface area contributed by atoms with Crippen molar-refractivity contribution in [2.75, 3.05) is 26.7 Å². The third-order valence-corrected chi connectivity index (χ3v) is 2.68. The summed E-state index contributed by atoms with van der Waals surface area (Å²) in [5, 5.41) is 3.40. The second-order valence-electron chi connectivity index (χ2n) is 3.26. The van der Waals surface area contributed by atoms with Crippen LogP contribution in [0, 0.1) is 5.92 Å². The minimum Gasteiger partial charge on any atom is -0.315 e. The highest BCUT2D eigenvalue weighted by atomic mass is 35.5. The van der Waals surface area contributed by atoms with Gasteiger partial charge in [-0.05, 0) is 25.9 Å². The zero-order chi connectivity index (χ0) is 6.27. The van der Waals surface area contributed by atoms with Crippen molar-refractivity contribution in [3.8, 4) is 0 Å². The van der Waals surface area contributed by atoms with Gasteiger partial charge in [0.25, 0.3) is 0 Å². The van der Waals surface area contributed by atoms with Crippen molar-refractivity contribution in [3.05, 3.63) is 0 Å². The summed E-state index contributed by atoms with van der Waals surface area (Å²) in [7, 11) is 2.22. The van der Waals surface area contributed by atoms with Crippen molar-refractivity contribution >= 4 is 24.8 Å². The van der Waals surface area contributed by atoms with Crippen LogP contribution in [-0.4, -0.2) is 37.6 Å². The molecule has 0 amide bonds. The van der Waals surface area contributed by atoms with E-state index < -0.39 is 0 Å². The van der Waals surface area contributed by atoms with Gasteiger partial charge in [-0.3, -0.25) is 0 Å². The average molecular weight is 199 g/mol. The Bertz CT molecular complexity index is 119. The summed E-state index contributed by atoms with van der Waals surface area (Å²) in [6.45, 7) is 3.81. The molecule has 0 radical (unpaired) electrons. The van der Waals surface area contributed by atoms with E-state index in [1.165, 1.54) is 26.1 Å². The number of piperidine rings is 1. The Hall–Kier alpha value is 0.500. The molecule has 2 nitrogen and oxygen atoms in total. The molecular formula is C7H16Cl2N2. The van der Waals surface area contributed by atoms with Crippen molar-refractivity contribution in [2.45, 2.75) is 12.5 Å². The molecule has 0 spiro atoms. The van der Waals surface area contributed by atoms with Gasteiger partial charge >= 0.3 is 0 Å². The van der Waals surface area contributed by atoms with Crippen LogP contribution < -0.4 is 5.32 Å². The fourth-order valence-corrected chi connectivity index (χ4v) is 1.99. The molecule has 2 atom stereocenters. The van der Waals surface area contributed by atoms with Crippen LogP contribution >= 0.6 is 24.8 Å². The van der Waals surface area contributed by atoms with E-state index in [1.54, 1.807) is 0 Å². The molecule has 0 unspecified atom stereocenters. The lowest BCUT2D eigenvalue weighted by molar-refractivity contribution is 0.0191. The Morgan fingerprint density at radius 1 is 1.36 bits per heavy atom. The van der Waals surface area contributed by atoms with E-state index in [2.05, 4.69) is 17.3 Å². The number of likely N-dealkylation sites (N-methyl/N-ethyl adjacent to an activating group) is 1. The van der Waals surface area contributed by atoms with Crippen LogP contribution in [-0.2, 0) is 0 Å². The maximum Gasteiger partial charge on any atom is 0.0258 e. The molecule has 0 bridgehead atoms. The highest BCUT2D eigenvalue weighted by Crippen LogP contribution is 2.27. The van der Waals surface area contributed by atoms with Gasteiger partial charge in [0.2, 0.25) is 0 Å². The lowest BCUT2D eigenvalue weighted by Crippen LogP contribution is -2.61. The molecule has 4 heteroatoms. The van der Waals surface area contributed by atoms with Crippen LogP contribution in [0.15, 0.2) is 0 Å². The number of rotatable bonds is 0. The quantitative estimate of drug-likeness (QED) is 0.619. The standard InChI is InChI=1S/C7H14N2.2ClH/c1-9-5-6-2-3-8-4-7(6)9;;/h6-8H,2-5H2,1H3;2*1H/t6-,7-;;/m1../s1. The van der Waals surface area contributed by atoms with Crippen LogP contribution in [0.25, 0.3) is 0 Å². The second kappa shape index (κ2) is 4.51. The van der Waals surface area contributed by atoms with Crippen LogP contribution in [0.2, 0.25) is 0 Å². The van der Waals surface area contributed by atoms with E-state index in [0.717, 1.165) is 12.0 Å². The fraction of sp³-hybridized carbons (Fsp3) is 1.00. The lowest BCUT2D eigenvalue weighted by Gasteiger charge is -2.49. The number of halogens is 2. The monoisotopic (exact) mass is 198 g/mol.